The van der Waals surface area contributed by atoms with E-state index in [9.17, 15) is 9.59 Å². The van der Waals surface area contributed by atoms with E-state index in [1.165, 1.54) is 4.90 Å². The highest BCUT2D eigenvalue weighted by molar-refractivity contribution is 6.39. The number of piperidine rings is 2. The summed E-state index contributed by atoms with van der Waals surface area (Å²) in [7, 11) is 3.40. The maximum atomic E-state index is 13.0. The minimum absolute atomic E-state index is 0.0805. The van der Waals surface area contributed by atoms with Crippen molar-refractivity contribution in [2.75, 3.05) is 45.2 Å². The van der Waals surface area contributed by atoms with Crippen LogP contribution in [0.2, 0.25) is 15.2 Å². The molecule has 2 aromatic rings. The predicted molar refractivity (Wildman–Crippen MR) is 137 cm³/mol. The van der Waals surface area contributed by atoms with E-state index >= 15 is 0 Å². The van der Waals surface area contributed by atoms with Gasteiger partial charge in [0.2, 0.25) is 0 Å². The fourth-order valence-corrected chi connectivity index (χ4v) is 5.82. The van der Waals surface area contributed by atoms with Gasteiger partial charge in [-0.25, -0.2) is 4.98 Å². The highest BCUT2D eigenvalue weighted by Crippen LogP contribution is 2.35. The minimum atomic E-state index is -0.149. The van der Waals surface area contributed by atoms with Crippen LogP contribution in [0.15, 0.2) is 30.3 Å². The van der Waals surface area contributed by atoms with Gasteiger partial charge in [-0.15, -0.1) is 0 Å². The first-order valence-electron chi connectivity index (χ1n) is 11.6. The average Bonchev–Trinajstić information content (AvgIpc) is 2.83. The van der Waals surface area contributed by atoms with Crippen molar-refractivity contribution in [2.24, 2.45) is 11.8 Å². The van der Waals surface area contributed by atoms with Gasteiger partial charge in [0.1, 0.15) is 11.0 Å². The molecule has 6 nitrogen and oxygen atoms in total. The van der Waals surface area contributed by atoms with Crippen molar-refractivity contribution in [3.8, 4) is 0 Å². The SMILES string of the molecule is CN(C)C(=O)c1ccc(N2CCC(C3CCN(C(=O)c4c(Cl)cccc4Cl)CC3)CC2)nc1Cl. The summed E-state index contributed by atoms with van der Waals surface area (Å²) in [6.45, 7) is 3.26. The molecule has 0 bridgehead atoms. The second kappa shape index (κ2) is 10.7. The van der Waals surface area contributed by atoms with Gasteiger partial charge in [-0.3, -0.25) is 9.59 Å². The molecule has 1 aromatic carbocycles. The molecule has 0 aliphatic carbocycles. The van der Waals surface area contributed by atoms with Crippen LogP contribution in [-0.4, -0.2) is 66.9 Å². The lowest BCUT2D eigenvalue weighted by molar-refractivity contribution is 0.0645. The predicted octanol–water partition coefficient (Wildman–Crippen LogP) is 5.51. The Labute approximate surface area is 215 Å². The summed E-state index contributed by atoms with van der Waals surface area (Å²) < 4.78 is 0. The van der Waals surface area contributed by atoms with Gasteiger partial charge in [-0.05, 0) is 61.8 Å². The van der Waals surface area contributed by atoms with Crippen molar-refractivity contribution in [1.82, 2.24) is 14.8 Å². The van der Waals surface area contributed by atoms with Gasteiger partial charge in [0.05, 0.1) is 21.2 Å². The molecule has 0 saturated carbocycles. The van der Waals surface area contributed by atoms with Crippen LogP contribution in [0, 0.1) is 11.8 Å². The van der Waals surface area contributed by atoms with E-state index in [1.54, 1.807) is 38.4 Å². The molecule has 1 aromatic heterocycles. The number of halogens is 3. The number of likely N-dealkylation sites (tertiary alicyclic amines) is 1. The van der Waals surface area contributed by atoms with Crippen molar-refractivity contribution in [3.63, 3.8) is 0 Å². The maximum Gasteiger partial charge on any atom is 0.256 e. The summed E-state index contributed by atoms with van der Waals surface area (Å²) in [6, 6.07) is 8.80. The number of hydrogen-bond acceptors (Lipinski definition) is 4. The molecule has 0 N–H and O–H groups in total. The van der Waals surface area contributed by atoms with Crippen molar-refractivity contribution in [2.45, 2.75) is 25.7 Å². The van der Waals surface area contributed by atoms with E-state index in [1.807, 2.05) is 11.0 Å². The first-order valence-corrected chi connectivity index (χ1v) is 12.8. The second-order valence-corrected chi connectivity index (χ2v) is 10.4. The molecule has 2 aliphatic rings. The summed E-state index contributed by atoms with van der Waals surface area (Å²) in [5, 5.41) is 1.05. The Kier molecular flexibility index (Phi) is 7.90. The van der Waals surface area contributed by atoms with E-state index in [4.69, 9.17) is 34.8 Å². The summed E-state index contributed by atoms with van der Waals surface area (Å²) in [5.74, 6) is 1.82. The van der Waals surface area contributed by atoms with Crippen LogP contribution in [-0.2, 0) is 0 Å². The Bertz CT molecular complexity index is 1040. The number of hydrogen-bond donors (Lipinski definition) is 0. The first-order chi connectivity index (χ1) is 16.3. The molecule has 2 saturated heterocycles. The van der Waals surface area contributed by atoms with Gasteiger partial charge in [-0.1, -0.05) is 40.9 Å². The summed E-state index contributed by atoms with van der Waals surface area (Å²) in [5.41, 5.74) is 0.826. The van der Waals surface area contributed by atoms with Gasteiger partial charge in [0, 0.05) is 40.3 Å². The Balaban J connectivity index is 1.31. The third-order valence-corrected chi connectivity index (χ3v) is 7.92. The molecule has 0 atom stereocenters. The molecule has 2 aliphatic heterocycles. The third kappa shape index (κ3) is 5.29. The van der Waals surface area contributed by atoms with Gasteiger partial charge in [-0.2, -0.15) is 0 Å². The number of benzene rings is 1. The highest BCUT2D eigenvalue weighted by Gasteiger charge is 2.32. The number of amides is 2. The number of carbonyl (C=O) groups excluding carboxylic acids is 2. The minimum Gasteiger partial charge on any atom is -0.357 e. The van der Waals surface area contributed by atoms with Crippen LogP contribution in [0.5, 0.6) is 0 Å². The molecule has 4 rings (SSSR count). The van der Waals surface area contributed by atoms with E-state index in [2.05, 4.69) is 9.88 Å². The fraction of sp³-hybridized carbons (Fsp3) is 0.480. The molecular weight excluding hydrogens is 495 g/mol. The zero-order valence-electron chi connectivity index (χ0n) is 19.4. The number of aromatic nitrogens is 1. The van der Waals surface area contributed by atoms with Crippen LogP contribution in [0.1, 0.15) is 46.4 Å². The number of carbonyl (C=O) groups is 2. The Hall–Kier alpha value is -2.02. The summed E-state index contributed by atoms with van der Waals surface area (Å²) in [6.07, 6.45) is 4.13. The van der Waals surface area contributed by atoms with Crippen molar-refractivity contribution >= 4 is 52.4 Å². The molecule has 0 unspecified atom stereocenters. The van der Waals surface area contributed by atoms with E-state index in [-0.39, 0.29) is 17.0 Å². The lowest BCUT2D eigenvalue weighted by Gasteiger charge is -2.40. The van der Waals surface area contributed by atoms with Crippen LogP contribution >= 0.6 is 34.8 Å². The van der Waals surface area contributed by atoms with Crippen molar-refractivity contribution in [3.05, 3.63) is 56.7 Å². The Morgan fingerprint density at radius 3 is 1.97 bits per heavy atom. The van der Waals surface area contributed by atoms with Crippen molar-refractivity contribution < 1.29 is 9.59 Å². The standard InChI is InChI=1S/C25H29Cl3N4O2/c1-30(2)24(33)18-6-7-21(29-23(18)28)31-12-8-16(9-13-31)17-10-14-32(15-11-17)25(34)22-19(26)4-3-5-20(22)27/h3-7,16-17H,8-15H2,1-2H3. The van der Waals surface area contributed by atoms with E-state index in [0.29, 0.717) is 33.0 Å². The topological polar surface area (TPSA) is 56.8 Å². The largest absolute Gasteiger partial charge is 0.357 e. The van der Waals surface area contributed by atoms with E-state index < -0.39 is 0 Å². The lowest BCUT2D eigenvalue weighted by Crippen LogP contribution is -2.43. The monoisotopic (exact) mass is 522 g/mol. The Morgan fingerprint density at radius 2 is 1.44 bits per heavy atom. The van der Waals surface area contributed by atoms with Gasteiger partial charge in [0.15, 0.2) is 0 Å². The number of rotatable bonds is 4. The smallest absolute Gasteiger partial charge is 0.256 e. The van der Waals surface area contributed by atoms with Crippen LogP contribution in [0.25, 0.3) is 0 Å². The molecule has 2 amide bonds. The highest BCUT2D eigenvalue weighted by atomic mass is 35.5. The summed E-state index contributed by atoms with van der Waals surface area (Å²) >= 11 is 18.8. The quantitative estimate of drug-likeness (QED) is 0.496. The fourth-order valence-electron chi connectivity index (χ4n) is 5.04. The van der Waals surface area contributed by atoms with Gasteiger partial charge >= 0.3 is 0 Å². The summed E-state index contributed by atoms with van der Waals surface area (Å²) in [4.78, 5) is 35.3. The molecule has 9 heteroatoms. The van der Waals surface area contributed by atoms with Gasteiger partial charge in [0.25, 0.3) is 11.8 Å². The normalized spacial score (nSPS) is 17.7. The molecule has 34 heavy (non-hydrogen) atoms. The van der Waals surface area contributed by atoms with Gasteiger partial charge < -0.3 is 14.7 Å². The Morgan fingerprint density at radius 1 is 0.882 bits per heavy atom. The van der Waals surface area contributed by atoms with Crippen LogP contribution in [0.4, 0.5) is 5.82 Å². The zero-order valence-corrected chi connectivity index (χ0v) is 21.7. The average molecular weight is 524 g/mol. The molecule has 182 valence electrons. The second-order valence-electron chi connectivity index (χ2n) is 9.26. The molecule has 0 spiro atoms. The van der Waals surface area contributed by atoms with Crippen LogP contribution < -0.4 is 4.90 Å². The lowest BCUT2D eigenvalue weighted by atomic mass is 9.78. The van der Waals surface area contributed by atoms with E-state index in [0.717, 1.165) is 57.7 Å². The maximum absolute atomic E-state index is 13.0. The third-order valence-electron chi connectivity index (χ3n) is 7.00. The van der Waals surface area contributed by atoms with Crippen molar-refractivity contribution in [1.29, 1.82) is 0 Å². The number of nitrogens with zero attached hydrogens (tertiary/aromatic N) is 4. The molecule has 2 fully saturated rings. The molecule has 3 heterocycles. The molecular formula is C25H29Cl3N4O2. The first kappa shape index (κ1) is 25.1. The van der Waals surface area contributed by atoms with Crippen LogP contribution in [0.3, 0.4) is 0 Å². The zero-order chi connectivity index (χ0) is 24.4. The molecule has 0 radical (unpaired) electrons. The number of pyridine rings is 1. The number of anilines is 1.